The van der Waals surface area contributed by atoms with Crippen molar-refractivity contribution >= 4 is 34.7 Å². The van der Waals surface area contributed by atoms with Crippen molar-refractivity contribution in [1.29, 1.82) is 0 Å². The third-order valence-electron chi connectivity index (χ3n) is 4.67. The lowest BCUT2D eigenvalue weighted by molar-refractivity contribution is -0.235. The number of hydroxylamine groups is 2. The Bertz CT molecular complexity index is 1060. The van der Waals surface area contributed by atoms with Crippen molar-refractivity contribution in [2.45, 2.75) is 45.8 Å². The number of amides is 1. The summed E-state index contributed by atoms with van der Waals surface area (Å²) in [6, 6.07) is 16.8. The van der Waals surface area contributed by atoms with Crippen LogP contribution >= 0.6 is 0 Å². The molecule has 1 unspecified atom stereocenters. The van der Waals surface area contributed by atoms with Crippen molar-refractivity contribution in [2.75, 3.05) is 11.9 Å². The Morgan fingerprint density at radius 3 is 2.50 bits per heavy atom. The number of ether oxygens (including phenoxy) is 1. The summed E-state index contributed by atoms with van der Waals surface area (Å²) in [6.07, 6.45) is 2.56. The number of hydrogen-bond acceptors (Lipinski definition) is 6. The van der Waals surface area contributed by atoms with E-state index < -0.39 is 17.6 Å². The van der Waals surface area contributed by atoms with Crippen LogP contribution in [0.3, 0.4) is 0 Å². The van der Waals surface area contributed by atoms with Gasteiger partial charge in [0.2, 0.25) is 6.41 Å². The van der Waals surface area contributed by atoms with E-state index in [0.717, 1.165) is 32.9 Å². The third-order valence-corrected chi connectivity index (χ3v) is 4.67. The Kier molecular flexibility index (Phi) is 7.43. The quantitative estimate of drug-likeness (QED) is 0.300. The maximum atomic E-state index is 12.5. The molecule has 7 heteroatoms. The fourth-order valence-corrected chi connectivity index (χ4v) is 3.29. The van der Waals surface area contributed by atoms with E-state index in [1.807, 2.05) is 75.4 Å². The monoisotopic (exact) mass is 435 g/mol. The highest BCUT2D eigenvalue weighted by atomic mass is 16.7. The number of carbonyl (C=O) groups excluding carboxylic acids is 2. The van der Waals surface area contributed by atoms with Crippen LogP contribution in [0.4, 0.5) is 11.5 Å². The zero-order chi connectivity index (χ0) is 23.1. The standard InChI is InChI=1S/C25H29N3O4/c1-5-31-24(30)22(28(17-29)32-25(2,3)4)16-18-10-12-20(13-11-18)27-23-21-9-7-6-8-19(21)14-15-26-23/h6-15,17,22H,5,16H2,1-4H3,(H,26,27). The van der Waals surface area contributed by atoms with Gasteiger partial charge in [0.15, 0.2) is 6.04 Å². The molecule has 1 atom stereocenters. The van der Waals surface area contributed by atoms with E-state index in [0.29, 0.717) is 6.41 Å². The van der Waals surface area contributed by atoms with Crippen molar-refractivity contribution in [3.8, 4) is 0 Å². The molecule has 3 rings (SSSR count). The fraction of sp³-hybridized carbons (Fsp3) is 0.320. The molecular formula is C25H29N3O4. The lowest BCUT2D eigenvalue weighted by atomic mass is 10.1. The van der Waals surface area contributed by atoms with Gasteiger partial charge in [0.1, 0.15) is 5.82 Å². The number of nitrogens with one attached hydrogen (secondary N) is 1. The molecule has 32 heavy (non-hydrogen) atoms. The van der Waals surface area contributed by atoms with E-state index in [-0.39, 0.29) is 13.0 Å². The SMILES string of the molecule is CCOC(=O)C(Cc1ccc(Nc2nccc3ccccc23)cc1)N(C=O)OC(C)(C)C. The highest BCUT2D eigenvalue weighted by molar-refractivity contribution is 5.93. The molecule has 0 radical (unpaired) electrons. The summed E-state index contributed by atoms with van der Waals surface area (Å²) in [5.74, 6) is 0.261. The number of fused-ring (bicyclic) bond motifs is 1. The Hall–Kier alpha value is -3.45. The number of nitrogens with zero attached hydrogens (tertiary/aromatic N) is 2. The summed E-state index contributed by atoms with van der Waals surface area (Å²) in [7, 11) is 0. The first-order valence-corrected chi connectivity index (χ1v) is 10.6. The first-order valence-electron chi connectivity index (χ1n) is 10.6. The minimum atomic E-state index is -0.884. The molecule has 1 heterocycles. The third kappa shape index (κ3) is 6.04. The Balaban J connectivity index is 1.78. The number of esters is 1. The molecule has 0 saturated carbocycles. The Morgan fingerprint density at radius 1 is 1.12 bits per heavy atom. The summed E-state index contributed by atoms with van der Waals surface area (Å²) in [4.78, 5) is 34.3. The van der Waals surface area contributed by atoms with Gasteiger partial charge in [0, 0.05) is 23.7 Å². The number of hydrogen-bond donors (Lipinski definition) is 1. The van der Waals surface area contributed by atoms with Gasteiger partial charge in [-0.15, -0.1) is 0 Å². The molecule has 3 aromatic rings. The molecule has 2 aromatic carbocycles. The summed E-state index contributed by atoms with van der Waals surface area (Å²) >= 11 is 0. The Morgan fingerprint density at radius 2 is 1.84 bits per heavy atom. The number of carbonyl (C=O) groups is 2. The van der Waals surface area contributed by atoms with Crippen LogP contribution in [-0.2, 0) is 25.6 Å². The van der Waals surface area contributed by atoms with E-state index in [9.17, 15) is 9.59 Å². The molecule has 0 saturated heterocycles. The molecule has 0 aliphatic carbocycles. The fourth-order valence-electron chi connectivity index (χ4n) is 3.29. The second kappa shape index (κ2) is 10.2. The summed E-state index contributed by atoms with van der Waals surface area (Å²) in [6.45, 7) is 7.39. The van der Waals surface area contributed by atoms with Crippen LogP contribution in [0.5, 0.6) is 0 Å². The van der Waals surface area contributed by atoms with Crippen molar-refractivity contribution in [3.63, 3.8) is 0 Å². The number of aromatic nitrogens is 1. The van der Waals surface area contributed by atoms with Crippen molar-refractivity contribution in [2.24, 2.45) is 0 Å². The largest absolute Gasteiger partial charge is 0.464 e. The van der Waals surface area contributed by atoms with E-state index in [2.05, 4.69) is 10.3 Å². The maximum absolute atomic E-state index is 12.5. The maximum Gasteiger partial charge on any atom is 0.331 e. The van der Waals surface area contributed by atoms with Crippen LogP contribution in [0.1, 0.15) is 33.3 Å². The van der Waals surface area contributed by atoms with Crippen molar-refractivity contribution in [1.82, 2.24) is 10.0 Å². The second-order valence-electron chi connectivity index (χ2n) is 8.34. The predicted octanol–water partition coefficient (Wildman–Crippen LogP) is 4.64. The smallest absolute Gasteiger partial charge is 0.331 e. The number of benzene rings is 2. The molecule has 0 fully saturated rings. The van der Waals surface area contributed by atoms with Crippen LogP contribution in [0.25, 0.3) is 10.8 Å². The highest BCUT2D eigenvalue weighted by Crippen LogP contribution is 2.25. The van der Waals surface area contributed by atoms with Gasteiger partial charge in [-0.3, -0.25) is 9.63 Å². The van der Waals surface area contributed by atoms with Crippen LogP contribution in [0, 0.1) is 0 Å². The zero-order valence-electron chi connectivity index (χ0n) is 18.9. The van der Waals surface area contributed by atoms with E-state index >= 15 is 0 Å². The average Bonchev–Trinajstić information content (AvgIpc) is 2.77. The first-order chi connectivity index (χ1) is 15.3. The molecule has 1 amide bonds. The predicted molar refractivity (Wildman–Crippen MR) is 124 cm³/mol. The molecule has 168 valence electrons. The zero-order valence-corrected chi connectivity index (χ0v) is 18.9. The van der Waals surface area contributed by atoms with Gasteiger partial charge in [0.05, 0.1) is 12.2 Å². The van der Waals surface area contributed by atoms with Crippen molar-refractivity contribution < 1.29 is 19.2 Å². The number of anilines is 2. The molecule has 1 aromatic heterocycles. The highest BCUT2D eigenvalue weighted by Gasteiger charge is 2.31. The van der Waals surface area contributed by atoms with E-state index in [4.69, 9.17) is 9.57 Å². The van der Waals surface area contributed by atoms with Crippen LogP contribution in [0.2, 0.25) is 0 Å². The van der Waals surface area contributed by atoms with Crippen LogP contribution < -0.4 is 5.32 Å². The van der Waals surface area contributed by atoms with Gasteiger partial charge in [-0.25, -0.2) is 14.8 Å². The minimum absolute atomic E-state index is 0.221. The van der Waals surface area contributed by atoms with Gasteiger partial charge in [0.25, 0.3) is 0 Å². The van der Waals surface area contributed by atoms with Gasteiger partial charge >= 0.3 is 5.97 Å². The van der Waals surface area contributed by atoms with E-state index in [1.54, 1.807) is 13.1 Å². The molecule has 1 N–H and O–H groups in total. The topological polar surface area (TPSA) is 80.8 Å². The molecule has 0 aliphatic heterocycles. The summed E-state index contributed by atoms with van der Waals surface area (Å²) in [5, 5.41) is 6.52. The van der Waals surface area contributed by atoms with Crippen LogP contribution in [0.15, 0.2) is 60.8 Å². The van der Waals surface area contributed by atoms with Gasteiger partial charge in [-0.1, -0.05) is 36.4 Å². The normalized spacial score (nSPS) is 12.2. The lowest BCUT2D eigenvalue weighted by Gasteiger charge is -2.31. The number of rotatable bonds is 9. The van der Waals surface area contributed by atoms with Gasteiger partial charge < -0.3 is 10.1 Å². The van der Waals surface area contributed by atoms with Gasteiger partial charge in [-0.2, -0.15) is 0 Å². The molecule has 0 aliphatic rings. The minimum Gasteiger partial charge on any atom is -0.464 e. The molecule has 7 nitrogen and oxygen atoms in total. The Labute approximate surface area is 188 Å². The lowest BCUT2D eigenvalue weighted by Crippen LogP contribution is -2.46. The molecule has 0 bridgehead atoms. The number of pyridine rings is 1. The van der Waals surface area contributed by atoms with E-state index in [1.165, 1.54) is 0 Å². The summed E-state index contributed by atoms with van der Waals surface area (Å²) < 4.78 is 5.18. The molecule has 0 spiro atoms. The summed E-state index contributed by atoms with van der Waals surface area (Å²) in [5.41, 5.74) is 1.09. The van der Waals surface area contributed by atoms with Crippen molar-refractivity contribution in [3.05, 3.63) is 66.4 Å². The molecular weight excluding hydrogens is 406 g/mol. The second-order valence-corrected chi connectivity index (χ2v) is 8.34. The average molecular weight is 436 g/mol. The first kappa shape index (κ1) is 23.2. The van der Waals surface area contributed by atoms with Gasteiger partial charge in [-0.05, 0) is 56.8 Å². The van der Waals surface area contributed by atoms with Crippen LogP contribution in [-0.4, -0.2) is 40.7 Å².